The Labute approximate surface area is 236 Å². The molecule has 8 rings (SSSR count). The topological polar surface area (TPSA) is 68.5 Å². The van der Waals surface area contributed by atoms with Gasteiger partial charge < -0.3 is 5.32 Å². The molecule has 0 saturated carbocycles. The third-order valence-corrected chi connectivity index (χ3v) is 7.62. The highest BCUT2D eigenvalue weighted by molar-refractivity contribution is 6.07. The Morgan fingerprint density at radius 1 is 0.707 bits per heavy atom. The van der Waals surface area contributed by atoms with Gasteiger partial charge >= 0.3 is 0 Å². The molecule has 0 bridgehead atoms. The minimum absolute atomic E-state index is 0.0852. The van der Waals surface area contributed by atoms with Gasteiger partial charge in [0.1, 0.15) is 11.5 Å². The summed E-state index contributed by atoms with van der Waals surface area (Å²) in [6.07, 6.45) is 11.8. The number of benzene rings is 2. The summed E-state index contributed by atoms with van der Waals surface area (Å²) < 4.78 is 2.14. The Hall–Kier alpha value is -5.62. The summed E-state index contributed by atoms with van der Waals surface area (Å²) in [5.41, 5.74) is 7.96. The van der Waals surface area contributed by atoms with E-state index in [2.05, 4.69) is 93.7 Å². The second-order valence-corrected chi connectivity index (χ2v) is 10.1. The SMILES string of the molecule is C1=C(c2cccc(-n3c4ccccc4c4cccnc43)n2)NC(c2cccnc2)C=C1c1cccc2cccnc12. The highest BCUT2D eigenvalue weighted by Gasteiger charge is 2.21. The molecule has 6 heteroatoms. The quantitative estimate of drug-likeness (QED) is 0.260. The Bertz CT molecular complexity index is 2080. The van der Waals surface area contributed by atoms with E-state index in [0.29, 0.717) is 0 Å². The zero-order valence-electron chi connectivity index (χ0n) is 22.0. The molecule has 1 unspecified atom stereocenters. The zero-order valence-corrected chi connectivity index (χ0v) is 22.0. The van der Waals surface area contributed by atoms with Crippen LogP contribution in [0.1, 0.15) is 22.9 Å². The van der Waals surface area contributed by atoms with Gasteiger partial charge in [-0.3, -0.25) is 14.5 Å². The predicted octanol–water partition coefficient (Wildman–Crippen LogP) is 7.29. The molecule has 41 heavy (non-hydrogen) atoms. The number of hydrogen-bond donors (Lipinski definition) is 1. The summed E-state index contributed by atoms with van der Waals surface area (Å²) in [4.78, 5) is 19.0. The fourth-order valence-electron chi connectivity index (χ4n) is 5.75. The zero-order chi connectivity index (χ0) is 27.2. The Kier molecular flexibility index (Phi) is 5.42. The summed E-state index contributed by atoms with van der Waals surface area (Å²) in [5.74, 6) is 0.816. The van der Waals surface area contributed by atoms with Gasteiger partial charge in [-0.1, -0.05) is 54.6 Å². The van der Waals surface area contributed by atoms with Crippen molar-refractivity contribution in [1.29, 1.82) is 0 Å². The summed E-state index contributed by atoms with van der Waals surface area (Å²) in [7, 11) is 0. The van der Waals surface area contributed by atoms with Crippen LogP contribution in [0.3, 0.4) is 0 Å². The normalized spacial score (nSPS) is 15.1. The van der Waals surface area contributed by atoms with E-state index in [9.17, 15) is 0 Å². The number of aromatic nitrogens is 5. The second-order valence-electron chi connectivity index (χ2n) is 10.1. The summed E-state index contributed by atoms with van der Waals surface area (Å²) in [6.45, 7) is 0. The van der Waals surface area contributed by atoms with Crippen molar-refractivity contribution >= 4 is 44.1 Å². The average molecular weight is 529 g/mol. The Balaban J connectivity index is 1.30. The maximum absolute atomic E-state index is 5.19. The number of rotatable bonds is 4. The van der Waals surface area contributed by atoms with Gasteiger partial charge in [0.15, 0.2) is 0 Å². The maximum Gasteiger partial charge on any atom is 0.146 e. The fourth-order valence-corrected chi connectivity index (χ4v) is 5.75. The van der Waals surface area contributed by atoms with Crippen molar-refractivity contribution < 1.29 is 0 Å². The molecular weight excluding hydrogens is 504 g/mol. The van der Waals surface area contributed by atoms with Gasteiger partial charge in [-0.25, -0.2) is 9.97 Å². The van der Waals surface area contributed by atoms with E-state index in [-0.39, 0.29) is 6.04 Å². The Morgan fingerprint density at radius 3 is 2.49 bits per heavy atom. The summed E-state index contributed by atoms with van der Waals surface area (Å²) in [5, 5.41) is 7.09. The molecule has 1 atom stereocenters. The van der Waals surface area contributed by atoms with Crippen molar-refractivity contribution in [1.82, 2.24) is 29.8 Å². The van der Waals surface area contributed by atoms with E-state index in [1.54, 1.807) is 6.20 Å². The molecule has 1 aliphatic rings. The van der Waals surface area contributed by atoms with Crippen LogP contribution in [0.2, 0.25) is 0 Å². The van der Waals surface area contributed by atoms with Gasteiger partial charge in [0.25, 0.3) is 0 Å². The van der Waals surface area contributed by atoms with Crippen molar-refractivity contribution in [3.63, 3.8) is 0 Å². The van der Waals surface area contributed by atoms with Crippen LogP contribution in [0.15, 0.2) is 134 Å². The van der Waals surface area contributed by atoms with Gasteiger partial charge in [-0.05, 0) is 65.8 Å². The van der Waals surface area contributed by atoms with Crippen LogP contribution >= 0.6 is 0 Å². The first kappa shape index (κ1) is 23.3. The van der Waals surface area contributed by atoms with Crippen LogP contribution < -0.4 is 5.32 Å². The molecule has 5 aromatic heterocycles. The van der Waals surface area contributed by atoms with Crippen LogP contribution in [0.4, 0.5) is 0 Å². The molecule has 0 spiro atoms. The lowest BCUT2D eigenvalue weighted by molar-refractivity contribution is 0.758. The first-order valence-corrected chi connectivity index (χ1v) is 13.6. The molecule has 2 aromatic carbocycles. The van der Waals surface area contributed by atoms with E-state index >= 15 is 0 Å². The molecule has 0 saturated heterocycles. The van der Waals surface area contributed by atoms with Gasteiger partial charge in [-0.2, -0.15) is 0 Å². The van der Waals surface area contributed by atoms with Crippen LogP contribution in [0, 0.1) is 0 Å². The van der Waals surface area contributed by atoms with Crippen LogP contribution in [-0.2, 0) is 0 Å². The van der Waals surface area contributed by atoms with Gasteiger partial charge in [-0.15, -0.1) is 0 Å². The van der Waals surface area contributed by atoms with Crippen molar-refractivity contribution in [3.05, 3.63) is 151 Å². The third-order valence-electron chi connectivity index (χ3n) is 7.62. The minimum Gasteiger partial charge on any atom is -0.373 e. The van der Waals surface area contributed by atoms with Gasteiger partial charge in [0.05, 0.1) is 28.5 Å². The van der Waals surface area contributed by atoms with Crippen molar-refractivity contribution in [3.8, 4) is 5.82 Å². The van der Waals surface area contributed by atoms with E-state index in [1.165, 1.54) is 0 Å². The number of para-hydroxylation sites is 2. The van der Waals surface area contributed by atoms with Crippen LogP contribution in [0.5, 0.6) is 0 Å². The molecule has 0 amide bonds. The molecule has 6 nitrogen and oxygen atoms in total. The standard InChI is InChI=1S/C35H24N6/c1-2-15-32-27(11-1)28-13-7-19-38-35(28)41(32)33-16-4-14-29(40-33)31-21-25(20-30(39-31)24-10-5-17-36-22-24)26-12-3-8-23-9-6-18-37-34(23)26/h1-22,30,39H. The van der Waals surface area contributed by atoms with Crippen molar-refractivity contribution in [2.24, 2.45) is 0 Å². The number of nitrogens with zero attached hydrogens (tertiary/aromatic N) is 5. The maximum atomic E-state index is 5.19. The number of hydrogen-bond acceptors (Lipinski definition) is 5. The number of fused-ring (bicyclic) bond motifs is 4. The first-order chi connectivity index (χ1) is 20.3. The van der Waals surface area contributed by atoms with Crippen LogP contribution in [-0.4, -0.2) is 24.5 Å². The number of dihydropyridines is 1. The predicted molar refractivity (Wildman–Crippen MR) is 164 cm³/mol. The highest BCUT2D eigenvalue weighted by Crippen LogP contribution is 2.35. The molecule has 0 radical (unpaired) electrons. The molecule has 194 valence electrons. The first-order valence-electron chi connectivity index (χ1n) is 13.6. The van der Waals surface area contributed by atoms with Crippen molar-refractivity contribution in [2.45, 2.75) is 6.04 Å². The molecule has 0 fully saturated rings. The molecule has 6 heterocycles. The number of pyridine rings is 4. The third kappa shape index (κ3) is 3.96. The van der Waals surface area contributed by atoms with Gasteiger partial charge in [0, 0.05) is 46.5 Å². The molecule has 7 aromatic rings. The molecular formula is C35H24N6. The van der Waals surface area contributed by atoms with Crippen LogP contribution in [0.25, 0.3) is 49.9 Å². The molecule has 0 aliphatic carbocycles. The second kappa shape index (κ2) is 9.54. The van der Waals surface area contributed by atoms with Crippen molar-refractivity contribution in [2.75, 3.05) is 0 Å². The van der Waals surface area contributed by atoms with E-state index in [4.69, 9.17) is 15.0 Å². The minimum atomic E-state index is -0.0852. The van der Waals surface area contributed by atoms with Gasteiger partial charge in [0.2, 0.25) is 0 Å². The lowest BCUT2D eigenvalue weighted by Gasteiger charge is -2.25. The molecule has 1 aliphatic heterocycles. The summed E-state index contributed by atoms with van der Waals surface area (Å²) >= 11 is 0. The lowest BCUT2D eigenvalue weighted by atomic mass is 9.93. The average Bonchev–Trinajstić information content (AvgIpc) is 3.39. The highest BCUT2D eigenvalue weighted by atomic mass is 15.1. The van der Waals surface area contributed by atoms with E-state index in [1.807, 2.05) is 48.9 Å². The Morgan fingerprint density at radius 2 is 1.54 bits per heavy atom. The van der Waals surface area contributed by atoms with E-state index in [0.717, 1.165) is 66.7 Å². The summed E-state index contributed by atoms with van der Waals surface area (Å²) in [6, 6.07) is 33.0. The largest absolute Gasteiger partial charge is 0.373 e. The smallest absolute Gasteiger partial charge is 0.146 e. The monoisotopic (exact) mass is 528 g/mol. The number of allylic oxidation sites excluding steroid dienone is 2. The number of nitrogens with one attached hydrogen (secondary N) is 1. The van der Waals surface area contributed by atoms with E-state index < -0.39 is 0 Å². The lowest BCUT2D eigenvalue weighted by Crippen LogP contribution is -2.22. The fraction of sp³-hybridized carbons (Fsp3) is 0.0286. The molecule has 1 N–H and O–H groups in total.